The molecular formula is C38H46BrCl3N2O6S2. The molecule has 0 unspecified atom stereocenters. The maximum atomic E-state index is 11.3. The van der Waals surface area contributed by atoms with E-state index in [1.165, 1.54) is 0 Å². The van der Waals surface area contributed by atoms with Crippen LogP contribution in [0.25, 0.3) is 0 Å². The molecule has 2 aromatic carbocycles. The third kappa shape index (κ3) is 9.82. The molecule has 0 fully saturated rings. The summed E-state index contributed by atoms with van der Waals surface area (Å²) in [6.07, 6.45) is 12.8. The second kappa shape index (κ2) is 16.8. The fourth-order valence-electron chi connectivity index (χ4n) is 7.45. The SMILES string of the molecule is CC1(C)C(/C=C/C2=C(Cl)C(=C/C=C3/N(CCCCS(=O)(=O)O)c4ccc(Cl)cc4C3(C)C)/CCC2)=[N+](CCCCS(=O)(=O)O)c2ccc(Cl)cc21.[Br-]. The second-order valence-corrected chi connectivity index (χ2v) is 18.9. The fraction of sp³-hybridized carbons (Fsp3) is 0.447. The summed E-state index contributed by atoms with van der Waals surface area (Å²) < 4.78 is 66.0. The van der Waals surface area contributed by atoms with Crippen LogP contribution in [-0.2, 0) is 31.1 Å². The molecule has 52 heavy (non-hydrogen) atoms. The first-order chi connectivity index (χ1) is 23.8. The highest BCUT2D eigenvalue weighted by Crippen LogP contribution is 2.49. The Morgan fingerprint density at radius 2 is 1.40 bits per heavy atom. The van der Waals surface area contributed by atoms with Crippen LogP contribution in [0.3, 0.4) is 0 Å². The zero-order valence-corrected chi connectivity index (χ0v) is 35.3. The van der Waals surface area contributed by atoms with Crippen molar-refractivity contribution in [2.45, 2.75) is 83.5 Å². The predicted octanol–water partition coefficient (Wildman–Crippen LogP) is 6.55. The van der Waals surface area contributed by atoms with Crippen LogP contribution < -0.4 is 21.9 Å². The van der Waals surface area contributed by atoms with E-state index in [4.69, 9.17) is 34.8 Å². The normalized spacial score (nSPS) is 19.9. The van der Waals surface area contributed by atoms with Crippen molar-refractivity contribution in [3.63, 3.8) is 0 Å². The standard InChI is InChI=1S/C38H45Cl3N2O6S2.BrH/c1-37(2)30-24-28(39)14-16-32(30)42(20-5-7-22-50(44,45)46)34(37)18-12-26-10-9-11-27(36(26)41)13-19-35-38(3,4)31-25-29(40)15-17-33(31)43(35)21-6-8-23-51(47,48)49;/h12-19,24-25H,5-11,20-23H2,1-4H3,(H-,44,45,46,47,48,49);1H. The van der Waals surface area contributed by atoms with Gasteiger partial charge >= 0.3 is 0 Å². The molecule has 0 saturated carbocycles. The molecule has 2 aliphatic heterocycles. The summed E-state index contributed by atoms with van der Waals surface area (Å²) >= 11 is 20.0. The number of rotatable bonds is 13. The summed E-state index contributed by atoms with van der Waals surface area (Å²) in [6, 6.07) is 11.7. The number of benzene rings is 2. The van der Waals surface area contributed by atoms with Crippen LogP contribution in [0, 0.1) is 0 Å². The van der Waals surface area contributed by atoms with Gasteiger partial charge in [-0.05, 0) is 105 Å². The number of hydrogen-bond acceptors (Lipinski definition) is 5. The quantitative estimate of drug-likeness (QED) is 0.133. The lowest BCUT2D eigenvalue weighted by Gasteiger charge is -2.27. The first kappa shape index (κ1) is 42.8. The second-order valence-electron chi connectivity index (χ2n) is 14.5. The van der Waals surface area contributed by atoms with Crippen molar-refractivity contribution in [3.8, 4) is 0 Å². The van der Waals surface area contributed by atoms with E-state index in [-0.39, 0.29) is 39.3 Å². The predicted molar refractivity (Wildman–Crippen MR) is 209 cm³/mol. The molecule has 0 spiro atoms. The molecule has 0 saturated heterocycles. The molecule has 0 bridgehead atoms. The molecule has 1 aliphatic carbocycles. The molecule has 8 nitrogen and oxygen atoms in total. The van der Waals surface area contributed by atoms with Gasteiger partial charge in [-0.1, -0.05) is 60.8 Å². The molecule has 2 heterocycles. The molecule has 0 atom stereocenters. The Morgan fingerprint density at radius 3 is 2.06 bits per heavy atom. The summed E-state index contributed by atoms with van der Waals surface area (Å²) in [5.74, 6) is -0.557. The topological polar surface area (TPSA) is 115 Å². The molecule has 5 rings (SSSR count). The van der Waals surface area contributed by atoms with E-state index in [9.17, 15) is 25.9 Å². The Morgan fingerprint density at radius 1 is 0.788 bits per heavy atom. The van der Waals surface area contributed by atoms with Gasteiger partial charge in [0.1, 0.15) is 6.54 Å². The van der Waals surface area contributed by atoms with E-state index < -0.39 is 20.2 Å². The van der Waals surface area contributed by atoms with Crippen LogP contribution in [0.2, 0.25) is 10.0 Å². The number of hydrogen-bond donors (Lipinski definition) is 2. The smallest absolute Gasteiger partial charge is 0.264 e. The van der Waals surface area contributed by atoms with Gasteiger partial charge in [0, 0.05) is 62.5 Å². The number of nitrogens with zero attached hydrogens (tertiary/aromatic N) is 2. The zero-order valence-electron chi connectivity index (χ0n) is 29.8. The van der Waals surface area contributed by atoms with Gasteiger partial charge in [-0.3, -0.25) is 9.11 Å². The van der Waals surface area contributed by atoms with Crippen molar-refractivity contribution in [2.75, 3.05) is 29.5 Å². The Kier molecular flexibility index (Phi) is 13.8. The molecule has 284 valence electrons. The highest BCUT2D eigenvalue weighted by molar-refractivity contribution is 7.86. The monoisotopic (exact) mass is 874 g/mol. The molecule has 0 aromatic heterocycles. The third-order valence-electron chi connectivity index (χ3n) is 10.1. The molecule has 2 aromatic rings. The van der Waals surface area contributed by atoms with Crippen molar-refractivity contribution in [2.24, 2.45) is 0 Å². The van der Waals surface area contributed by atoms with Crippen LogP contribution in [0.5, 0.6) is 0 Å². The number of fused-ring (bicyclic) bond motifs is 2. The van der Waals surface area contributed by atoms with E-state index in [0.717, 1.165) is 64.3 Å². The summed E-state index contributed by atoms with van der Waals surface area (Å²) in [5.41, 5.74) is 7.63. The highest BCUT2D eigenvalue weighted by atomic mass is 79.9. The minimum Gasteiger partial charge on any atom is -1.00 e. The van der Waals surface area contributed by atoms with Gasteiger partial charge < -0.3 is 21.9 Å². The van der Waals surface area contributed by atoms with Gasteiger partial charge in [0.2, 0.25) is 5.69 Å². The van der Waals surface area contributed by atoms with Gasteiger partial charge in [-0.2, -0.15) is 21.4 Å². The average Bonchev–Trinajstić information content (AvgIpc) is 3.36. The van der Waals surface area contributed by atoms with Crippen molar-refractivity contribution in [3.05, 3.63) is 104 Å². The number of anilines is 1. The van der Waals surface area contributed by atoms with Crippen molar-refractivity contribution < 1.29 is 47.5 Å². The van der Waals surface area contributed by atoms with E-state index in [0.29, 0.717) is 53.9 Å². The molecular weight excluding hydrogens is 831 g/mol. The Hall–Kier alpha value is -1.96. The van der Waals surface area contributed by atoms with Gasteiger partial charge in [0.25, 0.3) is 20.2 Å². The van der Waals surface area contributed by atoms with Gasteiger partial charge in [0.05, 0.1) is 16.9 Å². The first-order valence-corrected chi connectivity index (χ1v) is 21.6. The van der Waals surface area contributed by atoms with Crippen LogP contribution in [0.15, 0.2) is 82.6 Å². The summed E-state index contributed by atoms with van der Waals surface area (Å²) in [6.45, 7) is 9.76. The Balaban J connectivity index is 0.00000605. The van der Waals surface area contributed by atoms with Crippen LogP contribution in [0.4, 0.5) is 11.4 Å². The number of unbranched alkanes of at least 4 members (excludes halogenated alkanes) is 2. The average molecular weight is 877 g/mol. The Labute approximate surface area is 334 Å². The minimum atomic E-state index is -4.03. The molecule has 3 aliphatic rings. The molecule has 0 amide bonds. The summed E-state index contributed by atoms with van der Waals surface area (Å²) in [4.78, 5) is 2.21. The van der Waals surface area contributed by atoms with E-state index in [1.807, 2.05) is 36.4 Å². The minimum absolute atomic E-state index is 0. The largest absolute Gasteiger partial charge is 1.00 e. The molecule has 2 N–H and O–H groups in total. The lowest BCUT2D eigenvalue weighted by atomic mass is 9.81. The number of halogens is 4. The summed E-state index contributed by atoms with van der Waals surface area (Å²) in [5, 5.41) is 2.00. The lowest BCUT2D eigenvalue weighted by molar-refractivity contribution is -0.438. The van der Waals surface area contributed by atoms with Crippen LogP contribution >= 0.6 is 34.8 Å². The van der Waals surface area contributed by atoms with E-state index in [2.05, 4.69) is 61.5 Å². The van der Waals surface area contributed by atoms with Crippen molar-refractivity contribution in [1.29, 1.82) is 0 Å². The van der Waals surface area contributed by atoms with Gasteiger partial charge in [0.15, 0.2) is 5.71 Å². The van der Waals surface area contributed by atoms with E-state index >= 15 is 0 Å². The van der Waals surface area contributed by atoms with Crippen molar-refractivity contribution >= 4 is 72.1 Å². The van der Waals surface area contributed by atoms with Crippen LogP contribution in [0.1, 0.15) is 83.8 Å². The number of allylic oxidation sites excluding steroid dienone is 8. The zero-order chi connectivity index (χ0) is 37.4. The maximum absolute atomic E-state index is 11.3. The lowest BCUT2D eigenvalue weighted by Crippen LogP contribution is -3.00. The maximum Gasteiger partial charge on any atom is 0.264 e. The van der Waals surface area contributed by atoms with Gasteiger partial charge in [-0.15, -0.1) is 0 Å². The van der Waals surface area contributed by atoms with E-state index in [1.54, 1.807) is 0 Å². The highest BCUT2D eigenvalue weighted by Gasteiger charge is 2.44. The van der Waals surface area contributed by atoms with Gasteiger partial charge in [-0.25, -0.2) is 0 Å². The fourth-order valence-corrected chi connectivity index (χ4v) is 9.25. The Bertz CT molecular complexity index is 2090. The molecule has 14 heteroatoms. The van der Waals surface area contributed by atoms with Crippen LogP contribution in [-0.4, -0.2) is 60.8 Å². The first-order valence-electron chi connectivity index (χ1n) is 17.2. The molecule has 0 radical (unpaired) electrons. The van der Waals surface area contributed by atoms with Crippen molar-refractivity contribution in [1.82, 2.24) is 0 Å². The third-order valence-corrected chi connectivity index (χ3v) is 12.7. The summed E-state index contributed by atoms with van der Waals surface area (Å²) in [7, 11) is -8.06.